The van der Waals surface area contributed by atoms with Gasteiger partial charge in [-0.05, 0) is 25.3 Å². The molecule has 2 rings (SSSR count). The van der Waals surface area contributed by atoms with Crippen LogP contribution in [0.2, 0.25) is 0 Å². The predicted octanol–water partition coefficient (Wildman–Crippen LogP) is 1.62. The molecule has 1 aromatic heterocycles. The minimum atomic E-state index is -0.219. The van der Waals surface area contributed by atoms with Crippen molar-refractivity contribution in [3.05, 3.63) is 24.3 Å². The van der Waals surface area contributed by atoms with Gasteiger partial charge in [0.15, 0.2) is 5.16 Å². The number of carbonyl (C=O) groups is 1. The molecular formula is C13H17N5O2S. The molecule has 0 aliphatic carbocycles. The molecule has 0 saturated heterocycles. The highest BCUT2D eigenvalue weighted by molar-refractivity contribution is 7.98. The lowest BCUT2D eigenvalue weighted by molar-refractivity contribution is -0.116. The second-order valence-corrected chi connectivity index (χ2v) is 4.88. The van der Waals surface area contributed by atoms with Gasteiger partial charge in [0.05, 0.1) is 12.3 Å². The molecule has 0 saturated carbocycles. The van der Waals surface area contributed by atoms with E-state index in [4.69, 9.17) is 10.5 Å². The smallest absolute Gasteiger partial charge is 0.244 e. The van der Waals surface area contributed by atoms with Gasteiger partial charge in [0, 0.05) is 0 Å². The molecule has 0 unspecified atom stereocenters. The van der Waals surface area contributed by atoms with E-state index in [9.17, 15) is 4.79 Å². The Balaban J connectivity index is 2.10. The van der Waals surface area contributed by atoms with Crippen molar-refractivity contribution in [2.75, 3.05) is 23.9 Å². The quantitative estimate of drug-likeness (QED) is 0.787. The highest BCUT2D eigenvalue weighted by atomic mass is 32.2. The van der Waals surface area contributed by atoms with E-state index in [2.05, 4.69) is 15.5 Å². The van der Waals surface area contributed by atoms with Crippen molar-refractivity contribution in [3.63, 3.8) is 0 Å². The molecule has 0 spiro atoms. The van der Waals surface area contributed by atoms with Crippen molar-refractivity contribution >= 4 is 29.3 Å². The Hall–Kier alpha value is -2.22. The fourth-order valence-electron chi connectivity index (χ4n) is 1.78. The van der Waals surface area contributed by atoms with Crippen molar-refractivity contribution in [1.29, 1.82) is 0 Å². The van der Waals surface area contributed by atoms with E-state index in [0.717, 1.165) is 0 Å². The van der Waals surface area contributed by atoms with E-state index in [0.29, 0.717) is 23.2 Å². The monoisotopic (exact) mass is 307 g/mol. The van der Waals surface area contributed by atoms with Crippen molar-refractivity contribution in [2.24, 2.45) is 0 Å². The lowest BCUT2D eigenvalue weighted by atomic mass is 10.3. The fourth-order valence-corrected chi connectivity index (χ4v) is 2.29. The number of benzene rings is 1. The number of nitrogens with zero attached hydrogens (tertiary/aromatic N) is 3. The highest BCUT2D eigenvalue weighted by Gasteiger charge is 2.13. The number of nitrogens with two attached hydrogens (primary N) is 1. The van der Waals surface area contributed by atoms with Crippen LogP contribution >= 0.6 is 11.8 Å². The number of hydrogen-bond donors (Lipinski definition) is 2. The minimum absolute atomic E-state index is 0.0511. The lowest BCUT2D eigenvalue weighted by Gasteiger charge is -2.12. The van der Waals surface area contributed by atoms with Crippen molar-refractivity contribution in [1.82, 2.24) is 14.8 Å². The number of anilines is 2. The van der Waals surface area contributed by atoms with Crippen LogP contribution in [-0.4, -0.2) is 33.5 Å². The molecule has 0 aliphatic heterocycles. The molecule has 1 heterocycles. The van der Waals surface area contributed by atoms with Crippen LogP contribution in [-0.2, 0) is 11.3 Å². The maximum absolute atomic E-state index is 12.1. The summed E-state index contributed by atoms with van der Waals surface area (Å²) < 4.78 is 7.03. The third-order valence-electron chi connectivity index (χ3n) is 2.69. The first kappa shape index (κ1) is 15.2. The number of amides is 1. The topological polar surface area (TPSA) is 95.1 Å². The molecule has 21 heavy (non-hydrogen) atoms. The number of ether oxygens (including phenoxy) is 1. The van der Waals surface area contributed by atoms with Crippen LogP contribution in [0.15, 0.2) is 29.4 Å². The maximum Gasteiger partial charge on any atom is 0.244 e. The van der Waals surface area contributed by atoms with E-state index in [-0.39, 0.29) is 18.4 Å². The van der Waals surface area contributed by atoms with Crippen molar-refractivity contribution in [2.45, 2.75) is 18.6 Å². The van der Waals surface area contributed by atoms with Gasteiger partial charge in [-0.25, -0.2) is 0 Å². The molecule has 0 aliphatic rings. The number of rotatable bonds is 6. The summed E-state index contributed by atoms with van der Waals surface area (Å²) in [5, 5.41) is 11.1. The standard InChI is InChI=1S/C13H17N5O2S/c1-3-20-10-7-5-4-6-9(10)15-11(19)8-18-12(14)16-17-13(18)21-2/h4-7H,3,8H2,1-2H3,(H2,14,16)(H,15,19). The SMILES string of the molecule is CCOc1ccccc1NC(=O)Cn1c(N)nnc1SC. The molecule has 0 bridgehead atoms. The van der Waals surface area contributed by atoms with Crippen LogP contribution in [0.1, 0.15) is 6.92 Å². The van der Waals surface area contributed by atoms with E-state index in [1.54, 1.807) is 16.7 Å². The van der Waals surface area contributed by atoms with Crippen molar-refractivity contribution < 1.29 is 9.53 Å². The number of para-hydroxylation sites is 2. The normalized spacial score (nSPS) is 10.4. The molecule has 0 fully saturated rings. The minimum Gasteiger partial charge on any atom is -0.492 e. The van der Waals surface area contributed by atoms with Gasteiger partial charge >= 0.3 is 0 Å². The van der Waals surface area contributed by atoms with Gasteiger partial charge in [0.25, 0.3) is 0 Å². The van der Waals surface area contributed by atoms with Gasteiger partial charge in [0.1, 0.15) is 12.3 Å². The van der Waals surface area contributed by atoms with E-state index < -0.39 is 0 Å². The Morgan fingerprint density at radius 1 is 1.43 bits per heavy atom. The summed E-state index contributed by atoms with van der Waals surface area (Å²) in [5.41, 5.74) is 6.33. The van der Waals surface area contributed by atoms with Gasteiger partial charge in [-0.1, -0.05) is 23.9 Å². The molecule has 0 atom stereocenters. The van der Waals surface area contributed by atoms with Crippen LogP contribution < -0.4 is 15.8 Å². The van der Waals surface area contributed by atoms with Crippen LogP contribution in [0.5, 0.6) is 5.75 Å². The average molecular weight is 307 g/mol. The van der Waals surface area contributed by atoms with Crippen LogP contribution in [0.4, 0.5) is 11.6 Å². The zero-order valence-electron chi connectivity index (χ0n) is 11.9. The summed E-state index contributed by atoms with van der Waals surface area (Å²) in [5.74, 6) is 0.631. The van der Waals surface area contributed by atoms with E-state index in [1.807, 2.05) is 25.3 Å². The number of hydrogen-bond acceptors (Lipinski definition) is 6. The Labute approximate surface area is 126 Å². The van der Waals surface area contributed by atoms with Gasteiger partial charge < -0.3 is 15.8 Å². The Kier molecular flexibility index (Phi) is 5.04. The molecule has 112 valence electrons. The van der Waals surface area contributed by atoms with Gasteiger partial charge in [-0.15, -0.1) is 10.2 Å². The summed E-state index contributed by atoms with van der Waals surface area (Å²) in [6.07, 6.45) is 1.85. The highest BCUT2D eigenvalue weighted by Crippen LogP contribution is 2.24. The van der Waals surface area contributed by atoms with Gasteiger partial charge in [-0.3, -0.25) is 9.36 Å². The molecular weight excluding hydrogens is 290 g/mol. The van der Waals surface area contributed by atoms with Crippen LogP contribution in [0.25, 0.3) is 0 Å². The molecule has 0 radical (unpaired) electrons. The third-order valence-corrected chi connectivity index (χ3v) is 3.36. The first-order chi connectivity index (χ1) is 10.2. The summed E-state index contributed by atoms with van der Waals surface area (Å²) >= 11 is 1.38. The number of aromatic nitrogens is 3. The van der Waals surface area contributed by atoms with Gasteiger partial charge in [-0.2, -0.15) is 0 Å². The number of nitrogens with one attached hydrogen (secondary N) is 1. The second kappa shape index (κ2) is 6.98. The molecule has 8 heteroatoms. The van der Waals surface area contributed by atoms with Gasteiger partial charge in [0.2, 0.25) is 11.9 Å². The Morgan fingerprint density at radius 2 is 2.19 bits per heavy atom. The molecule has 7 nitrogen and oxygen atoms in total. The summed E-state index contributed by atoms with van der Waals surface area (Å²) in [4.78, 5) is 12.1. The Morgan fingerprint density at radius 3 is 2.90 bits per heavy atom. The average Bonchev–Trinajstić information content (AvgIpc) is 2.82. The molecule has 3 N–H and O–H groups in total. The lowest BCUT2D eigenvalue weighted by Crippen LogP contribution is -2.20. The molecule has 1 aromatic carbocycles. The third kappa shape index (κ3) is 3.66. The first-order valence-electron chi connectivity index (χ1n) is 6.40. The van der Waals surface area contributed by atoms with Crippen LogP contribution in [0, 0.1) is 0 Å². The van der Waals surface area contributed by atoms with E-state index >= 15 is 0 Å². The molecule has 2 aromatic rings. The second-order valence-electron chi connectivity index (χ2n) is 4.11. The first-order valence-corrected chi connectivity index (χ1v) is 7.62. The maximum atomic E-state index is 12.1. The van der Waals surface area contributed by atoms with Crippen LogP contribution in [0.3, 0.4) is 0 Å². The summed E-state index contributed by atoms with van der Waals surface area (Å²) in [7, 11) is 0. The summed E-state index contributed by atoms with van der Waals surface area (Å²) in [6, 6.07) is 7.27. The summed E-state index contributed by atoms with van der Waals surface area (Å²) in [6.45, 7) is 2.47. The number of thioether (sulfide) groups is 1. The number of carbonyl (C=O) groups excluding carboxylic acids is 1. The van der Waals surface area contributed by atoms with E-state index in [1.165, 1.54) is 11.8 Å². The zero-order chi connectivity index (χ0) is 15.2. The number of nitrogen functional groups attached to an aromatic ring is 1. The zero-order valence-corrected chi connectivity index (χ0v) is 12.7. The largest absolute Gasteiger partial charge is 0.492 e. The van der Waals surface area contributed by atoms with Crippen molar-refractivity contribution in [3.8, 4) is 5.75 Å². The Bertz CT molecular complexity index is 629. The molecule has 1 amide bonds. The predicted molar refractivity (Wildman–Crippen MR) is 82.5 cm³/mol. The fraction of sp³-hybridized carbons (Fsp3) is 0.308.